The van der Waals surface area contributed by atoms with Crippen LogP contribution in [0.5, 0.6) is 0 Å². The van der Waals surface area contributed by atoms with E-state index in [1.807, 2.05) is 12.1 Å². The molecule has 4 rings (SSSR count). The lowest BCUT2D eigenvalue weighted by molar-refractivity contribution is -0.198. The van der Waals surface area contributed by atoms with Gasteiger partial charge in [0.2, 0.25) is 0 Å². The van der Waals surface area contributed by atoms with Gasteiger partial charge in [-0.15, -0.1) is 0 Å². The Kier molecular flexibility index (Phi) is 8.06. The van der Waals surface area contributed by atoms with Crippen LogP contribution < -0.4 is 10.8 Å². The van der Waals surface area contributed by atoms with E-state index in [2.05, 4.69) is 37.8 Å². The normalized spacial score (nSPS) is 21.7. The van der Waals surface area contributed by atoms with Crippen molar-refractivity contribution in [1.82, 2.24) is 20.3 Å². The van der Waals surface area contributed by atoms with E-state index in [1.165, 1.54) is 11.6 Å². The molecule has 9 heteroatoms. The Bertz CT molecular complexity index is 901. The summed E-state index contributed by atoms with van der Waals surface area (Å²) in [5.74, 6) is 0.359. The standard InChI is InChI=1S/C23H28ClN5O3/c24-18-6-4-17(5-7-18)15-29-11-10-20(16-29)27-21-14-25-19(13-26-21)8-9-22(30)28-32-23-3-1-2-12-31-23/h4-9,13-14,20,23H,1-3,10-12,15-16H2,(H,26,27)(H,28,30)/t20-,23?/m1/s1. The van der Waals surface area contributed by atoms with Gasteiger partial charge in [0.1, 0.15) is 5.82 Å². The number of amides is 1. The van der Waals surface area contributed by atoms with Crippen molar-refractivity contribution >= 4 is 29.4 Å². The van der Waals surface area contributed by atoms with E-state index in [4.69, 9.17) is 21.2 Å². The topological polar surface area (TPSA) is 88.6 Å². The fourth-order valence-electron chi connectivity index (χ4n) is 3.77. The molecule has 2 N–H and O–H groups in total. The third kappa shape index (κ3) is 7.00. The van der Waals surface area contributed by atoms with Gasteiger partial charge in [-0.2, -0.15) is 0 Å². The summed E-state index contributed by atoms with van der Waals surface area (Å²) >= 11 is 5.96. The Hall–Kier alpha value is -2.52. The largest absolute Gasteiger partial charge is 0.365 e. The number of likely N-dealkylation sites (tertiary alicyclic amines) is 1. The summed E-state index contributed by atoms with van der Waals surface area (Å²) in [6.07, 6.45) is 9.80. The highest BCUT2D eigenvalue weighted by Gasteiger charge is 2.22. The number of aromatic nitrogens is 2. The second-order valence-electron chi connectivity index (χ2n) is 8.03. The second kappa shape index (κ2) is 11.4. The fourth-order valence-corrected chi connectivity index (χ4v) is 3.90. The zero-order valence-corrected chi connectivity index (χ0v) is 18.6. The number of benzene rings is 1. The predicted molar refractivity (Wildman–Crippen MR) is 123 cm³/mol. The van der Waals surface area contributed by atoms with Crippen molar-refractivity contribution in [3.8, 4) is 0 Å². The molecule has 2 aliphatic heterocycles. The highest BCUT2D eigenvalue weighted by Crippen LogP contribution is 2.18. The van der Waals surface area contributed by atoms with Crippen LogP contribution in [0, 0.1) is 0 Å². The number of hydrogen-bond donors (Lipinski definition) is 2. The summed E-state index contributed by atoms with van der Waals surface area (Å²) in [5, 5.41) is 4.20. The predicted octanol–water partition coefficient (Wildman–Crippen LogP) is 3.40. The molecule has 2 aromatic rings. The number of halogens is 1. The van der Waals surface area contributed by atoms with E-state index >= 15 is 0 Å². The molecule has 170 valence electrons. The molecule has 0 spiro atoms. The van der Waals surface area contributed by atoms with Crippen molar-refractivity contribution < 1.29 is 14.4 Å². The summed E-state index contributed by atoms with van der Waals surface area (Å²) in [7, 11) is 0. The summed E-state index contributed by atoms with van der Waals surface area (Å²) in [6.45, 7) is 3.53. The molecule has 3 heterocycles. The van der Waals surface area contributed by atoms with Crippen LogP contribution in [-0.2, 0) is 20.9 Å². The lowest BCUT2D eigenvalue weighted by Crippen LogP contribution is -2.32. The molecule has 0 aliphatic carbocycles. The van der Waals surface area contributed by atoms with Crippen molar-refractivity contribution in [3.63, 3.8) is 0 Å². The third-order valence-electron chi connectivity index (χ3n) is 5.45. The summed E-state index contributed by atoms with van der Waals surface area (Å²) in [6, 6.07) is 8.31. The number of carbonyl (C=O) groups is 1. The molecule has 1 aromatic carbocycles. The van der Waals surface area contributed by atoms with Crippen LogP contribution in [0.4, 0.5) is 5.82 Å². The maximum Gasteiger partial charge on any atom is 0.267 e. The van der Waals surface area contributed by atoms with E-state index in [9.17, 15) is 4.79 Å². The Morgan fingerprint density at radius 1 is 1.22 bits per heavy atom. The highest BCUT2D eigenvalue weighted by atomic mass is 35.5. The van der Waals surface area contributed by atoms with Crippen molar-refractivity contribution in [2.75, 3.05) is 25.0 Å². The number of nitrogens with zero attached hydrogens (tertiary/aromatic N) is 3. The van der Waals surface area contributed by atoms with Gasteiger partial charge in [-0.25, -0.2) is 15.3 Å². The molecule has 1 unspecified atom stereocenters. The summed E-state index contributed by atoms with van der Waals surface area (Å²) < 4.78 is 5.40. The first-order chi connectivity index (χ1) is 15.6. The minimum absolute atomic E-state index is 0.322. The molecule has 2 aliphatic rings. The van der Waals surface area contributed by atoms with E-state index in [0.29, 0.717) is 18.3 Å². The highest BCUT2D eigenvalue weighted by molar-refractivity contribution is 6.30. The molecular weight excluding hydrogens is 430 g/mol. The molecular formula is C23H28ClN5O3. The number of hydroxylamine groups is 1. The monoisotopic (exact) mass is 457 g/mol. The molecule has 2 atom stereocenters. The number of nitrogens with one attached hydrogen (secondary N) is 2. The molecule has 0 bridgehead atoms. The van der Waals surface area contributed by atoms with Gasteiger partial charge in [0.05, 0.1) is 18.1 Å². The summed E-state index contributed by atoms with van der Waals surface area (Å²) in [4.78, 5) is 28.3. The van der Waals surface area contributed by atoms with Crippen molar-refractivity contribution in [2.24, 2.45) is 0 Å². The molecule has 1 amide bonds. The molecule has 0 radical (unpaired) electrons. The fraction of sp³-hybridized carbons (Fsp3) is 0.435. The first kappa shape index (κ1) is 22.7. The van der Waals surface area contributed by atoms with Gasteiger partial charge in [-0.05, 0) is 43.0 Å². The lowest BCUT2D eigenvalue weighted by atomic mass is 10.2. The van der Waals surface area contributed by atoms with Crippen LogP contribution in [-0.4, -0.2) is 52.8 Å². The van der Waals surface area contributed by atoms with E-state index in [1.54, 1.807) is 18.5 Å². The minimum Gasteiger partial charge on any atom is -0.365 e. The molecule has 32 heavy (non-hydrogen) atoms. The zero-order valence-electron chi connectivity index (χ0n) is 17.9. The van der Waals surface area contributed by atoms with Crippen molar-refractivity contribution in [2.45, 2.75) is 44.6 Å². The van der Waals surface area contributed by atoms with Crippen LogP contribution in [0.2, 0.25) is 5.02 Å². The Labute approximate surface area is 192 Å². The molecule has 1 aromatic heterocycles. The van der Waals surface area contributed by atoms with E-state index in [0.717, 1.165) is 56.2 Å². The minimum atomic E-state index is -0.371. The lowest BCUT2D eigenvalue weighted by Gasteiger charge is -2.21. The van der Waals surface area contributed by atoms with Crippen LogP contribution in [0.25, 0.3) is 6.08 Å². The quantitative estimate of drug-likeness (QED) is 0.464. The average Bonchev–Trinajstić information content (AvgIpc) is 3.26. The average molecular weight is 458 g/mol. The smallest absolute Gasteiger partial charge is 0.267 e. The number of rotatable bonds is 8. The third-order valence-corrected chi connectivity index (χ3v) is 5.70. The number of ether oxygens (including phenoxy) is 1. The van der Waals surface area contributed by atoms with Gasteiger partial charge in [-0.1, -0.05) is 23.7 Å². The molecule has 0 saturated carbocycles. The van der Waals surface area contributed by atoms with Crippen LogP contribution in [0.3, 0.4) is 0 Å². The Balaban J connectivity index is 1.19. The zero-order chi connectivity index (χ0) is 22.2. The molecule has 8 nitrogen and oxygen atoms in total. The van der Waals surface area contributed by atoms with Crippen molar-refractivity contribution in [3.05, 3.63) is 59.0 Å². The van der Waals surface area contributed by atoms with Gasteiger partial charge >= 0.3 is 0 Å². The van der Waals surface area contributed by atoms with Gasteiger partial charge < -0.3 is 10.1 Å². The Morgan fingerprint density at radius 2 is 2.09 bits per heavy atom. The molecule has 2 saturated heterocycles. The Morgan fingerprint density at radius 3 is 2.84 bits per heavy atom. The second-order valence-corrected chi connectivity index (χ2v) is 8.47. The molecule has 2 fully saturated rings. The summed E-state index contributed by atoms with van der Waals surface area (Å²) in [5.41, 5.74) is 4.23. The van der Waals surface area contributed by atoms with Gasteiger partial charge in [0.15, 0.2) is 6.29 Å². The van der Waals surface area contributed by atoms with E-state index in [-0.39, 0.29) is 12.2 Å². The van der Waals surface area contributed by atoms with Crippen LogP contribution in [0.1, 0.15) is 36.9 Å². The number of carbonyl (C=O) groups excluding carboxylic acids is 1. The maximum atomic E-state index is 11.9. The van der Waals surface area contributed by atoms with Gasteiger partial charge in [0, 0.05) is 49.8 Å². The van der Waals surface area contributed by atoms with Crippen LogP contribution >= 0.6 is 11.6 Å². The maximum absolute atomic E-state index is 11.9. The SMILES string of the molecule is O=C(C=Cc1cnc(N[C@@H]2CCN(Cc3ccc(Cl)cc3)C2)cn1)NOC1CCCCO1. The van der Waals surface area contributed by atoms with E-state index < -0.39 is 0 Å². The first-order valence-corrected chi connectivity index (χ1v) is 11.3. The van der Waals surface area contributed by atoms with Crippen molar-refractivity contribution in [1.29, 1.82) is 0 Å². The first-order valence-electron chi connectivity index (χ1n) is 10.9. The number of hydrogen-bond acceptors (Lipinski definition) is 7. The van der Waals surface area contributed by atoms with Gasteiger partial charge in [0.25, 0.3) is 5.91 Å². The number of anilines is 1. The van der Waals surface area contributed by atoms with Crippen LogP contribution in [0.15, 0.2) is 42.7 Å². The van der Waals surface area contributed by atoms with Gasteiger partial charge in [-0.3, -0.25) is 14.7 Å².